The fraction of sp³-hybridized carbons (Fsp3) is 0.167. The fourth-order valence-electron chi connectivity index (χ4n) is 2.24. The van der Waals surface area contributed by atoms with Crippen molar-refractivity contribution in [3.63, 3.8) is 0 Å². The minimum absolute atomic E-state index is 0.00464. The molecule has 0 aliphatic rings. The quantitative estimate of drug-likeness (QED) is 0.504. The molecule has 23 heavy (non-hydrogen) atoms. The Morgan fingerprint density at radius 1 is 1.26 bits per heavy atom. The zero-order valence-corrected chi connectivity index (χ0v) is 15.3. The van der Waals surface area contributed by atoms with Crippen molar-refractivity contribution in [1.82, 2.24) is 0 Å². The Balaban J connectivity index is 2.44. The molecule has 118 valence electrons. The van der Waals surface area contributed by atoms with Crippen LogP contribution in [0.2, 0.25) is 0 Å². The lowest BCUT2D eigenvalue weighted by molar-refractivity contribution is 0.103. The largest absolute Gasteiger partial charge is 0.506 e. The normalized spacial score (nSPS) is 14.4. The van der Waals surface area contributed by atoms with Gasteiger partial charge in [-0.3, -0.25) is 4.79 Å². The minimum Gasteiger partial charge on any atom is -0.506 e. The first-order valence-corrected chi connectivity index (χ1v) is 8.32. The van der Waals surface area contributed by atoms with Gasteiger partial charge in [0.25, 0.3) is 0 Å². The van der Waals surface area contributed by atoms with E-state index in [-0.39, 0.29) is 66.6 Å². The van der Waals surface area contributed by atoms with E-state index in [1.165, 1.54) is 6.07 Å². The molecule has 0 spiro atoms. The lowest BCUT2D eigenvalue weighted by atomic mass is 9.96. The maximum absolute atomic E-state index is 13.4. The monoisotopic (exact) mass is 441 g/mol. The van der Waals surface area contributed by atoms with Crippen molar-refractivity contribution in [3.05, 3.63) is 62.1 Å². The van der Waals surface area contributed by atoms with Crippen LogP contribution in [0.25, 0.3) is 11.0 Å². The number of phenols is 1. The zero-order chi connectivity index (χ0) is 21.1. The van der Waals surface area contributed by atoms with E-state index in [1.54, 1.807) is 13.8 Å². The number of carbonyl (C=O) groups is 1. The fourth-order valence-corrected chi connectivity index (χ4v) is 3.36. The molecule has 0 fully saturated rings. The maximum atomic E-state index is 13.4. The summed E-state index contributed by atoms with van der Waals surface area (Å²) in [6.07, 6.45) is 0. The third kappa shape index (κ3) is 2.83. The molecule has 1 N–H and O–H groups in total. The third-order valence-electron chi connectivity index (χ3n) is 3.31. The van der Waals surface area contributed by atoms with Crippen LogP contribution in [-0.4, -0.2) is 10.9 Å². The molecule has 0 atom stereocenters. The van der Waals surface area contributed by atoms with Gasteiger partial charge in [0.1, 0.15) is 17.1 Å². The first kappa shape index (κ1) is 11.0. The van der Waals surface area contributed by atoms with Crippen LogP contribution in [-0.2, 0) is 0 Å². The highest BCUT2D eigenvalue weighted by molar-refractivity contribution is 9.11. The molecule has 3 rings (SSSR count). The molecule has 3 aromatic rings. The van der Waals surface area contributed by atoms with E-state index in [2.05, 4.69) is 31.9 Å². The van der Waals surface area contributed by atoms with Gasteiger partial charge in [-0.1, -0.05) is 32.0 Å². The third-order valence-corrected chi connectivity index (χ3v) is 4.49. The summed E-state index contributed by atoms with van der Waals surface area (Å²) >= 11 is 6.24. The van der Waals surface area contributed by atoms with Gasteiger partial charge in [-0.15, -0.1) is 0 Å². The molecular weight excluding hydrogens is 424 g/mol. The Kier molecular flexibility index (Phi) is 2.95. The van der Waals surface area contributed by atoms with E-state index >= 15 is 0 Å². The molecular formula is C18H14Br2O3. The summed E-state index contributed by atoms with van der Waals surface area (Å²) in [6.45, 7) is 3.55. The van der Waals surface area contributed by atoms with Gasteiger partial charge < -0.3 is 9.52 Å². The lowest BCUT2D eigenvalue weighted by Gasteiger charge is -2.08. The van der Waals surface area contributed by atoms with E-state index in [4.69, 9.17) is 11.3 Å². The molecule has 0 unspecified atom stereocenters. The first-order chi connectivity index (χ1) is 13.0. The highest BCUT2D eigenvalue weighted by atomic mass is 79.9. The molecule has 1 heterocycles. The second-order valence-corrected chi connectivity index (χ2v) is 6.87. The lowest BCUT2D eigenvalue weighted by Crippen LogP contribution is -2.05. The number of hydrogen-bond donors (Lipinski definition) is 1. The summed E-state index contributed by atoms with van der Waals surface area (Å²) in [5.74, 6) is -0.915. The van der Waals surface area contributed by atoms with Crippen LogP contribution >= 0.6 is 31.9 Å². The topological polar surface area (TPSA) is 50.4 Å². The number of rotatable bonds is 3. The summed E-state index contributed by atoms with van der Waals surface area (Å²) < 4.78 is 46.2. The number of benzene rings is 2. The number of furan rings is 1. The molecule has 0 amide bonds. The molecule has 0 radical (unpaired) electrons. The molecule has 0 saturated carbocycles. The van der Waals surface area contributed by atoms with Crippen molar-refractivity contribution in [2.24, 2.45) is 0 Å². The Morgan fingerprint density at radius 2 is 1.96 bits per heavy atom. The van der Waals surface area contributed by atoms with Gasteiger partial charge >= 0.3 is 0 Å². The van der Waals surface area contributed by atoms with Crippen molar-refractivity contribution in [2.75, 3.05) is 0 Å². The highest BCUT2D eigenvalue weighted by Gasteiger charge is 2.24. The van der Waals surface area contributed by atoms with Crippen LogP contribution in [0.3, 0.4) is 0 Å². The van der Waals surface area contributed by atoms with Gasteiger partial charge in [0.15, 0.2) is 5.78 Å². The number of para-hydroxylation sites is 1. The standard InChI is InChI=1S/C18H14Br2O3/c1-9(2)18-15(11-5-3-4-6-14(11)23-18)16(21)10-7-12(19)17(22)13(20)8-10/h3-9,22H,1-2H3/i3D,4D,5D,6D,7D. The van der Waals surface area contributed by atoms with E-state index in [1.807, 2.05) is 0 Å². The average Bonchev–Trinajstić information content (AvgIpc) is 3.06. The van der Waals surface area contributed by atoms with Crippen LogP contribution in [0.1, 0.15) is 48.3 Å². The second-order valence-electron chi connectivity index (χ2n) is 5.22. The Labute approximate surface area is 157 Å². The summed E-state index contributed by atoms with van der Waals surface area (Å²) in [6, 6.07) is -0.594. The number of hydrogen-bond acceptors (Lipinski definition) is 3. The number of phenolic OH excluding ortho intramolecular Hbond substituents is 1. The molecule has 1 aromatic heterocycles. The van der Waals surface area contributed by atoms with Crippen LogP contribution in [0.4, 0.5) is 0 Å². The van der Waals surface area contributed by atoms with E-state index in [9.17, 15) is 9.90 Å². The summed E-state index contributed by atoms with van der Waals surface area (Å²) in [5, 5.41) is 9.93. The van der Waals surface area contributed by atoms with Crippen molar-refractivity contribution in [1.29, 1.82) is 0 Å². The van der Waals surface area contributed by atoms with E-state index in [0.29, 0.717) is 0 Å². The van der Waals surface area contributed by atoms with E-state index in [0.717, 1.165) is 0 Å². The molecule has 2 aromatic carbocycles. The minimum atomic E-state index is -0.626. The first-order valence-electron chi connectivity index (χ1n) is 9.23. The van der Waals surface area contributed by atoms with E-state index < -0.39 is 17.9 Å². The van der Waals surface area contributed by atoms with Gasteiger partial charge in [0.05, 0.1) is 21.4 Å². The smallest absolute Gasteiger partial charge is 0.197 e. The van der Waals surface area contributed by atoms with Crippen molar-refractivity contribution < 1.29 is 21.2 Å². The molecule has 0 bridgehead atoms. The molecule has 5 heteroatoms. The van der Waals surface area contributed by atoms with Gasteiger partial charge in [-0.25, -0.2) is 0 Å². The summed E-state index contributed by atoms with van der Waals surface area (Å²) in [7, 11) is 0. The number of halogens is 2. The van der Waals surface area contributed by atoms with Crippen LogP contribution in [0, 0.1) is 0 Å². The van der Waals surface area contributed by atoms with Gasteiger partial charge in [0.2, 0.25) is 0 Å². The number of carbonyl (C=O) groups excluding carboxylic acids is 1. The van der Waals surface area contributed by atoms with Crippen LogP contribution in [0.15, 0.2) is 49.6 Å². The highest BCUT2D eigenvalue weighted by Crippen LogP contribution is 2.37. The molecule has 0 saturated heterocycles. The van der Waals surface area contributed by atoms with Crippen molar-refractivity contribution >= 4 is 48.6 Å². The number of aromatic hydroxyl groups is 1. The Hall–Kier alpha value is -1.59. The predicted octanol–water partition coefficient (Wildman–Crippen LogP) is 6.02. The maximum Gasteiger partial charge on any atom is 0.197 e. The van der Waals surface area contributed by atoms with Crippen molar-refractivity contribution in [2.45, 2.75) is 19.8 Å². The second kappa shape index (κ2) is 6.13. The van der Waals surface area contributed by atoms with Crippen LogP contribution in [0.5, 0.6) is 5.75 Å². The SMILES string of the molecule is [2H]c1c(C(=O)c2c(C(C)C)oc3c([2H])c([2H])c([2H])c([2H])c23)cc(Br)c(O)c1Br. The summed E-state index contributed by atoms with van der Waals surface area (Å²) in [4.78, 5) is 13.4. The van der Waals surface area contributed by atoms with Gasteiger partial charge in [-0.05, 0) is 50.0 Å². The summed E-state index contributed by atoms with van der Waals surface area (Å²) in [5.41, 5.74) is -0.148. The van der Waals surface area contributed by atoms with Crippen LogP contribution < -0.4 is 0 Å². The average molecular weight is 443 g/mol. The van der Waals surface area contributed by atoms with Gasteiger partial charge in [-0.2, -0.15) is 0 Å². The Morgan fingerprint density at radius 3 is 2.65 bits per heavy atom. The molecule has 0 aliphatic heterocycles. The number of fused-ring (bicyclic) bond motifs is 1. The molecule has 0 aliphatic carbocycles. The number of ketones is 1. The van der Waals surface area contributed by atoms with Crippen molar-refractivity contribution in [3.8, 4) is 5.75 Å². The predicted molar refractivity (Wildman–Crippen MR) is 97.2 cm³/mol. The van der Waals surface area contributed by atoms with Gasteiger partial charge in [0, 0.05) is 16.9 Å². The molecule has 3 nitrogen and oxygen atoms in total. The zero-order valence-electron chi connectivity index (χ0n) is 17.2. The Bertz CT molecular complexity index is 1150.